The highest BCUT2D eigenvalue weighted by Crippen LogP contribution is 2.20. The average molecular weight is 281 g/mol. The molecule has 0 amide bonds. The maximum absolute atomic E-state index is 3.43. The number of rotatable bonds is 7. The Kier molecular flexibility index (Phi) is 6.01. The fourth-order valence-electron chi connectivity index (χ4n) is 2.74. The lowest BCUT2D eigenvalue weighted by Crippen LogP contribution is -2.16. The van der Waals surface area contributed by atoms with Crippen LogP contribution in [-0.2, 0) is 6.42 Å². The molecule has 0 radical (unpaired) electrons. The summed E-state index contributed by atoms with van der Waals surface area (Å²) in [7, 11) is 2.05. The Labute approximate surface area is 129 Å². The Bertz CT molecular complexity index is 513. The van der Waals surface area contributed by atoms with E-state index in [2.05, 4.69) is 80.8 Å². The first-order valence-corrected chi connectivity index (χ1v) is 8.01. The maximum Gasteiger partial charge on any atom is 0.0317 e. The first-order chi connectivity index (χ1) is 10.2. The first kappa shape index (κ1) is 15.8. The van der Waals surface area contributed by atoms with Gasteiger partial charge in [-0.15, -0.1) is 0 Å². The lowest BCUT2D eigenvalue weighted by molar-refractivity contribution is 0.527. The Morgan fingerprint density at radius 1 is 0.857 bits per heavy atom. The first-order valence-electron chi connectivity index (χ1n) is 8.01. The molecule has 0 aliphatic carbocycles. The Morgan fingerprint density at radius 2 is 1.52 bits per heavy atom. The normalized spacial score (nSPS) is 12.6. The quantitative estimate of drug-likeness (QED) is 0.745. The van der Waals surface area contributed by atoms with Gasteiger partial charge in [0, 0.05) is 6.04 Å². The van der Waals surface area contributed by atoms with Crippen molar-refractivity contribution >= 4 is 0 Å². The molecule has 1 N–H and O–H groups in total. The fraction of sp³-hybridized carbons (Fsp3) is 0.400. The predicted octanol–water partition coefficient (Wildman–Crippen LogP) is 5.09. The monoisotopic (exact) mass is 281 g/mol. The molecule has 21 heavy (non-hydrogen) atoms. The minimum absolute atomic E-state index is 0.459. The van der Waals surface area contributed by atoms with Gasteiger partial charge >= 0.3 is 0 Å². The van der Waals surface area contributed by atoms with Crippen LogP contribution in [0.25, 0.3) is 0 Å². The molecular weight excluding hydrogens is 254 g/mol. The molecule has 0 aromatic heterocycles. The number of benzene rings is 2. The van der Waals surface area contributed by atoms with Crippen molar-refractivity contribution in [1.29, 1.82) is 0 Å². The largest absolute Gasteiger partial charge is 0.313 e. The van der Waals surface area contributed by atoms with Crippen molar-refractivity contribution in [3.63, 3.8) is 0 Å². The molecule has 2 rings (SSSR count). The van der Waals surface area contributed by atoms with Gasteiger partial charge in [-0.2, -0.15) is 0 Å². The van der Waals surface area contributed by atoms with Gasteiger partial charge in [0.1, 0.15) is 0 Å². The van der Waals surface area contributed by atoms with E-state index in [1.54, 1.807) is 0 Å². The van der Waals surface area contributed by atoms with E-state index in [4.69, 9.17) is 0 Å². The molecule has 0 aliphatic heterocycles. The summed E-state index contributed by atoms with van der Waals surface area (Å²) >= 11 is 0. The van der Waals surface area contributed by atoms with E-state index >= 15 is 0 Å². The summed E-state index contributed by atoms with van der Waals surface area (Å²) in [6, 6.07) is 20.3. The molecule has 1 heteroatoms. The minimum Gasteiger partial charge on any atom is -0.313 e. The van der Waals surface area contributed by atoms with Crippen molar-refractivity contribution in [3.05, 3.63) is 71.3 Å². The molecule has 0 saturated carbocycles. The zero-order valence-electron chi connectivity index (χ0n) is 13.5. The van der Waals surface area contributed by atoms with Gasteiger partial charge in [-0.1, -0.05) is 68.4 Å². The fourth-order valence-corrected chi connectivity index (χ4v) is 2.74. The van der Waals surface area contributed by atoms with Crippen molar-refractivity contribution in [2.24, 2.45) is 0 Å². The van der Waals surface area contributed by atoms with E-state index < -0.39 is 0 Å². The lowest BCUT2D eigenvalue weighted by atomic mass is 9.97. The molecule has 2 aromatic rings. The van der Waals surface area contributed by atoms with Crippen LogP contribution in [0.15, 0.2) is 54.6 Å². The molecule has 1 unspecified atom stereocenters. The number of hydrogen-bond acceptors (Lipinski definition) is 1. The van der Waals surface area contributed by atoms with Crippen LogP contribution in [0.1, 0.15) is 55.3 Å². The summed E-state index contributed by atoms with van der Waals surface area (Å²) in [4.78, 5) is 0. The van der Waals surface area contributed by atoms with E-state index in [9.17, 15) is 0 Å². The van der Waals surface area contributed by atoms with Crippen molar-refractivity contribution in [3.8, 4) is 0 Å². The van der Waals surface area contributed by atoms with E-state index in [0.717, 1.165) is 6.42 Å². The van der Waals surface area contributed by atoms with Gasteiger partial charge < -0.3 is 5.32 Å². The second kappa shape index (κ2) is 7.99. The van der Waals surface area contributed by atoms with E-state index in [0.29, 0.717) is 12.0 Å². The third kappa shape index (κ3) is 4.71. The topological polar surface area (TPSA) is 12.0 Å². The van der Waals surface area contributed by atoms with Crippen LogP contribution in [0.2, 0.25) is 0 Å². The summed E-state index contributed by atoms with van der Waals surface area (Å²) in [5.41, 5.74) is 4.26. The summed E-state index contributed by atoms with van der Waals surface area (Å²) < 4.78 is 0. The Balaban J connectivity index is 1.85. The second-order valence-corrected chi connectivity index (χ2v) is 6.04. The standard InChI is InChI=1S/C20H27N/c1-16(2)18-14-12-17(13-15-18)8-7-11-20(21-3)19-9-5-4-6-10-19/h4-6,9-10,12-16,20-21H,7-8,11H2,1-3H3. The maximum atomic E-state index is 3.43. The SMILES string of the molecule is CNC(CCCc1ccc(C(C)C)cc1)c1ccccc1. The minimum atomic E-state index is 0.459. The number of aryl methyl sites for hydroxylation is 1. The average Bonchev–Trinajstić information content (AvgIpc) is 2.53. The summed E-state index contributed by atoms with van der Waals surface area (Å²) in [5, 5.41) is 3.43. The zero-order valence-corrected chi connectivity index (χ0v) is 13.5. The van der Waals surface area contributed by atoms with Gasteiger partial charge in [-0.3, -0.25) is 0 Å². The molecule has 1 atom stereocenters. The van der Waals surface area contributed by atoms with Gasteiger partial charge in [-0.05, 0) is 48.9 Å². The molecule has 0 saturated heterocycles. The van der Waals surface area contributed by atoms with Crippen LogP contribution in [0.3, 0.4) is 0 Å². The van der Waals surface area contributed by atoms with Gasteiger partial charge in [0.05, 0.1) is 0 Å². The highest BCUT2D eigenvalue weighted by molar-refractivity contribution is 5.25. The molecule has 1 nitrogen and oxygen atoms in total. The molecule has 2 aromatic carbocycles. The van der Waals surface area contributed by atoms with Crippen LogP contribution in [0, 0.1) is 0 Å². The predicted molar refractivity (Wildman–Crippen MR) is 91.7 cm³/mol. The summed E-state index contributed by atoms with van der Waals surface area (Å²) in [5.74, 6) is 0.616. The lowest BCUT2D eigenvalue weighted by Gasteiger charge is -2.16. The number of nitrogens with one attached hydrogen (secondary N) is 1. The third-order valence-electron chi connectivity index (χ3n) is 4.16. The van der Waals surface area contributed by atoms with Gasteiger partial charge in [0.2, 0.25) is 0 Å². The molecule has 0 fully saturated rings. The van der Waals surface area contributed by atoms with Crippen molar-refractivity contribution < 1.29 is 0 Å². The second-order valence-electron chi connectivity index (χ2n) is 6.04. The van der Waals surface area contributed by atoms with Crippen LogP contribution in [0.4, 0.5) is 0 Å². The Hall–Kier alpha value is -1.60. The van der Waals surface area contributed by atoms with E-state index in [1.165, 1.54) is 29.5 Å². The van der Waals surface area contributed by atoms with E-state index in [-0.39, 0.29) is 0 Å². The van der Waals surface area contributed by atoms with Crippen LogP contribution < -0.4 is 5.32 Å². The molecule has 0 heterocycles. The molecule has 0 bridgehead atoms. The van der Waals surface area contributed by atoms with Gasteiger partial charge in [-0.25, -0.2) is 0 Å². The van der Waals surface area contributed by atoms with E-state index in [1.807, 2.05) is 0 Å². The zero-order chi connectivity index (χ0) is 15.1. The molecular formula is C20H27N. The third-order valence-corrected chi connectivity index (χ3v) is 4.16. The van der Waals surface area contributed by atoms with Crippen molar-refractivity contribution in [2.45, 2.75) is 45.1 Å². The molecule has 0 spiro atoms. The smallest absolute Gasteiger partial charge is 0.0317 e. The summed E-state index contributed by atoms with van der Waals surface area (Å²) in [6.45, 7) is 4.48. The molecule has 0 aliphatic rings. The van der Waals surface area contributed by atoms with Crippen LogP contribution in [-0.4, -0.2) is 7.05 Å². The highest BCUT2D eigenvalue weighted by atomic mass is 14.9. The van der Waals surface area contributed by atoms with Crippen molar-refractivity contribution in [2.75, 3.05) is 7.05 Å². The summed E-state index contributed by atoms with van der Waals surface area (Å²) in [6.07, 6.45) is 3.54. The highest BCUT2D eigenvalue weighted by Gasteiger charge is 2.08. The van der Waals surface area contributed by atoms with Crippen LogP contribution >= 0.6 is 0 Å². The van der Waals surface area contributed by atoms with Crippen molar-refractivity contribution in [1.82, 2.24) is 5.32 Å². The Morgan fingerprint density at radius 3 is 2.10 bits per heavy atom. The number of hydrogen-bond donors (Lipinski definition) is 1. The van der Waals surface area contributed by atoms with Gasteiger partial charge in [0.25, 0.3) is 0 Å². The molecule has 112 valence electrons. The van der Waals surface area contributed by atoms with Crippen LogP contribution in [0.5, 0.6) is 0 Å². The van der Waals surface area contributed by atoms with Gasteiger partial charge in [0.15, 0.2) is 0 Å².